The highest BCUT2D eigenvalue weighted by Crippen LogP contribution is 2.47. The summed E-state index contributed by atoms with van der Waals surface area (Å²) in [5.74, 6) is 0. The summed E-state index contributed by atoms with van der Waals surface area (Å²) in [5.41, 5.74) is 6.18. The molecular weight excluding hydrogens is 1000 g/mol. The van der Waals surface area contributed by atoms with Crippen molar-refractivity contribution in [2.24, 2.45) is 0 Å². The van der Waals surface area contributed by atoms with Gasteiger partial charge in [-0.3, -0.25) is 0 Å². The van der Waals surface area contributed by atoms with Crippen LogP contribution in [0.15, 0.2) is 307 Å². The third kappa shape index (κ3) is 7.63. The zero-order valence-corrected chi connectivity index (χ0v) is 43.3. The van der Waals surface area contributed by atoms with Gasteiger partial charge in [0.25, 0.3) is 0 Å². The molecule has 1 aromatic heterocycles. The molecule has 0 spiro atoms. The average molecular weight is 1080 g/mol. The standard InChI is InChI=1S/C44H26.C38H24O/c1-2-6-27(7-3-1)34-24-35(37-20-16-32-14-12-28-8-4-10-30-18-22-39(37)43(32)41(28)30)26-36(25-34)38-21-17-33-15-13-29-9-5-11-31-19-23-40(38)44(33)42(29)31;1-2-10-25(11-3-1)26-18-20-27(21-19-26)37-30-13-4-6-15-32(30)38(33-16-7-5-14-31(33)37)28-22-23-36-34(24-28)29-12-8-9-17-35(29)39-36/h1-26H;1-24H/i4D,5D,8D,9D,10D,11D,12D,13D,14D,15D,16D,17D,18D,19D,20D,21D,22D,23D;4D,5D,6D,7D,13D,14D,15D,16D. The molecular formula is C82H50O. The summed E-state index contributed by atoms with van der Waals surface area (Å²) in [6.45, 7) is 0. The van der Waals surface area contributed by atoms with E-state index < -0.39 is 133 Å². The maximum Gasteiger partial charge on any atom is 0.135 e. The molecule has 0 saturated heterocycles. The van der Waals surface area contributed by atoms with Gasteiger partial charge in [-0.05, 0) is 189 Å². The van der Waals surface area contributed by atoms with Crippen molar-refractivity contribution in [3.05, 3.63) is 303 Å². The van der Waals surface area contributed by atoms with Crippen molar-refractivity contribution in [1.29, 1.82) is 0 Å². The molecule has 0 aliphatic heterocycles. The third-order valence-corrected chi connectivity index (χ3v) is 15.6. The molecule has 17 aromatic carbocycles. The fourth-order valence-corrected chi connectivity index (χ4v) is 11.8. The van der Waals surface area contributed by atoms with Crippen LogP contribution in [0.4, 0.5) is 0 Å². The van der Waals surface area contributed by atoms with Gasteiger partial charge >= 0.3 is 0 Å². The molecule has 384 valence electrons. The normalized spacial score (nSPS) is 16.2. The third-order valence-electron chi connectivity index (χ3n) is 15.6. The van der Waals surface area contributed by atoms with Crippen LogP contribution < -0.4 is 0 Å². The Hall–Kier alpha value is -10.9. The maximum absolute atomic E-state index is 9.48. The lowest BCUT2D eigenvalue weighted by Gasteiger charge is -2.18. The molecule has 0 aliphatic rings. The van der Waals surface area contributed by atoms with Crippen LogP contribution in [0.1, 0.15) is 35.6 Å². The fraction of sp³-hybridized carbons (Fsp3) is 0. The molecule has 0 radical (unpaired) electrons. The monoisotopic (exact) mass is 1080 g/mol. The number of benzene rings is 17. The quantitative estimate of drug-likeness (QED) is 0.119. The van der Waals surface area contributed by atoms with E-state index in [9.17, 15) is 11.0 Å². The zero-order valence-electron chi connectivity index (χ0n) is 69.3. The SMILES string of the molecule is [2H]c1c([2H])c([2H])c2c(-c3ccc4oc5ccccc5c4c3)c3c([2H])c([2H])c([2H])c([2H])c3c(-c3ccc(-c4ccccc4)cc3)c2c1[2H].[2H]c1c([2H])c2c([2H])c([2H])c3c([2H])c([2H])c(-c4cc(-c5ccccc5)cc(-c5c([2H])c([2H])c6c([2H])c([2H])c7c([2H])c([2H])c([2H])c8c([2H])c([2H])c5c6c78)c4)c4c([2H])c([2H])c(c1[2H])c2c34. The summed E-state index contributed by atoms with van der Waals surface area (Å²) in [4.78, 5) is 0. The molecule has 0 aliphatic carbocycles. The van der Waals surface area contributed by atoms with E-state index in [-0.39, 0.29) is 133 Å². The summed E-state index contributed by atoms with van der Waals surface area (Å²) in [6, 6.07) is 31.5. The first-order chi connectivity index (χ1) is 52.0. The van der Waals surface area contributed by atoms with Gasteiger partial charge in [0.2, 0.25) is 0 Å². The molecule has 18 aromatic rings. The molecule has 0 fully saturated rings. The molecule has 0 bridgehead atoms. The van der Waals surface area contributed by atoms with Crippen molar-refractivity contribution < 1.29 is 40.1 Å². The molecule has 1 heterocycles. The molecule has 1 nitrogen and oxygen atoms in total. The van der Waals surface area contributed by atoms with E-state index in [0.717, 1.165) is 21.9 Å². The molecule has 83 heavy (non-hydrogen) atoms. The number of hydrogen-bond acceptors (Lipinski definition) is 1. The predicted molar refractivity (Wildman–Crippen MR) is 355 cm³/mol. The van der Waals surface area contributed by atoms with Crippen LogP contribution >= 0.6 is 0 Å². The number of rotatable bonds is 6. The van der Waals surface area contributed by atoms with Gasteiger partial charge in [-0.25, -0.2) is 0 Å². The summed E-state index contributed by atoms with van der Waals surface area (Å²) in [5, 5.41) is 0.849. The van der Waals surface area contributed by atoms with Crippen LogP contribution in [0, 0.1) is 0 Å². The predicted octanol–water partition coefficient (Wildman–Crippen LogP) is 23.4. The van der Waals surface area contributed by atoms with Gasteiger partial charge in [0, 0.05) is 10.8 Å². The first-order valence-electron chi connectivity index (χ1n) is 39.6. The highest BCUT2D eigenvalue weighted by Gasteiger charge is 2.20. The van der Waals surface area contributed by atoms with Crippen LogP contribution in [0.2, 0.25) is 0 Å². The van der Waals surface area contributed by atoms with Crippen molar-refractivity contribution in [2.45, 2.75) is 0 Å². The second kappa shape index (κ2) is 18.9. The number of fused-ring (bicyclic) bond motifs is 5. The van der Waals surface area contributed by atoms with Crippen molar-refractivity contribution in [2.75, 3.05) is 0 Å². The van der Waals surface area contributed by atoms with Crippen LogP contribution in [-0.4, -0.2) is 0 Å². The van der Waals surface area contributed by atoms with Crippen LogP contribution in [0.5, 0.6) is 0 Å². The summed E-state index contributed by atoms with van der Waals surface area (Å²) in [7, 11) is 0. The lowest BCUT2D eigenvalue weighted by atomic mass is 9.85. The molecule has 0 unspecified atom stereocenters. The van der Waals surface area contributed by atoms with E-state index >= 15 is 0 Å². The van der Waals surface area contributed by atoms with Crippen LogP contribution in [-0.2, 0) is 0 Å². The Kier molecular flexibility index (Phi) is 6.38. The largest absolute Gasteiger partial charge is 0.456 e. The molecule has 0 saturated carbocycles. The van der Waals surface area contributed by atoms with E-state index in [0.29, 0.717) is 44.5 Å². The van der Waals surface area contributed by atoms with Crippen molar-refractivity contribution >= 4 is 108 Å². The van der Waals surface area contributed by atoms with E-state index in [4.69, 9.17) is 29.1 Å². The Balaban J connectivity index is 0.000000165. The number of para-hydroxylation sites is 1. The van der Waals surface area contributed by atoms with Crippen molar-refractivity contribution in [3.8, 4) is 66.8 Å². The van der Waals surface area contributed by atoms with Gasteiger partial charge in [0.1, 0.15) is 11.2 Å². The Morgan fingerprint density at radius 1 is 0.217 bits per heavy atom. The van der Waals surface area contributed by atoms with E-state index in [1.165, 1.54) is 6.07 Å². The molecule has 0 atom stereocenters. The first-order valence-corrected chi connectivity index (χ1v) is 26.6. The van der Waals surface area contributed by atoms with Crippen molar-refractivity contribution in [3.63, 3.8) is 0 Å². The fourth-order valence-electron chi connectivity index (χ4n) is 11.8. The van der Waals surface area contributed by atoms with Crippen LogP contribution in [0.3, 0.4) is 0 Å². The Morgan fingerprint density at radius 2 is 0.602 bits per heavy atom. The van der Waals surface area contributed by atoms with Gasteiger partial charge in [-0.2, -0.15) is 0 Å². The van der Waals surface area contributed by atoms with Gasteiger partial charge < -0.3 is 4.42 Å². The lowest BCUT2D eigenvalue weighted by Crippen LogP contribution is -1.91. The molecule has 1 heteroatoms. The minimum Gasteiger partial charge on any atom is -0.456 e. The number of hydrogen-bond donors (Lipinski definition) is 0. The summed E-state index contributed by atoms with van der Waals surface area (Å²) >= 11 is 0. The lowest BCUT2D eigenvalue weighted by molar-refractivity contribution is 0.669. The Morgan fingerprint density at radius 3 is 1.13 bits per heavy atom. The zero-order chi connectivity index (χ0) is 77.2. The van der Waals surface area contributed by atoms with Crippen molar-refractivity contribution in [1.82, 2.24) is 0 Å². The molecule has 0 amide bonds. The topological polar surface area (TPSA) is 13.1 Å². The maximum atomic E-state index is 9.48. The Bertz CT molecular complexity index is 6790. The second-order valence-electron chi connectivity index (χ2n) is 20.2. The second-order valence-corrected chi connectivity index (χ2v) is 20.2. The van der Waals surface area contributed by atoms with Gasteiger partial charge in [0.15, 0.2) is 0 Å². The first kappa shape index (κ1) is 28.0. The summed E-state index contributed by atoms with van der Waals surface area (Å²) < 4.78 is 240. The minimum absolute atomic E-state index is 0.00774. The average Bonchev–Trinajstić information content (AvgIpc) is 1.16. The highest BCUT2D eigenvalue weighted by atomic mass is 16.3. The van der Waals surface area contributed by atoms with E-state index in [1.54, 1.807) is 54.6 Å². The van der Waals surface area contributed by atoms with Gasteiger partial charge in [-0.1, -0.05) is 266 Å². The minimum atomic E-state index is -0.600. The van der Waals surface area contributed by atoms with E-state index in [1.807, 2.05) is 84.9 Å². The highest BCUT2D eigenvalue weighted by molar-refractivity contribution is 6.28. The summed E-state index contributed by atoms with van der Waals surface area (Å²) in [6.07, 6.45) is 0. The molecule has 0 N–H and O–H groups in total. The van der Waals surface area contributed by atoms with Gasteiger partial charge in [-0.15, -0.1) is 0 Å². The molecule has 18 rings (SSSR count). The van der Waals surface area contributed by atoms with Crippen LogP contribution in [0.25, 0.3) is 175 Å². The van der Waals surface area contributed by atoms with Gasteiger partial charge in [0.05, 0.1) is 35.6 Å². The smallest absolute Gasteiger partial charge is 0.135 e. The number of furan rings is 1. The Labute approximate surface area is 516 Å². The van der Waals surface area contributed by atoms with E-state index in [2.05, 4.69) is 0 Å².